The highest BCUT2D eigenvalue weighted by atomic mass is 16.4. The van der Waals surface area contributed by atoms with Crippen LogP contribution in [0.4, 0.5) is 0 Å². The zero-order valence-corrected chi connectivity index (χ0v) is 6.86. The number of hydrogen-bond donors (Lipinski definition) is 0. The maximum atomic E-state index is 10.7. The monoisotopic (exact) mass is 162 g/mol. The molecule has 0 aliphatic carbocycles. The van der Waals surface area contributed by atoms with Gasteiger partial charge in [0.15, 0.2) is 0 Å². The largest absolute Gasteiger partial charge is 0.423 e. The maximum absolute atomic E-state index is 10.7. The summed E-state index contributed by atoms with van der Waals surface area (Å²) in [5.41, 5.74) is -0.322. The highest BCUT2D eigenvalue weighted by Gasteiger charge is 1.87. The minimum atomic E-state index is -0.322. The molecule has 0 atom stereocenters. The number of allylic oxidation sites excluding steroid dienone is 3. The fourth-order valence-electron chi connectivity index (χ4n) is 0.757. The smallest absolute Gasteiger partial charge is 0.336 e. The molecule has 0 aliphatic heterocycles. The molecule has 1 aromatic heterocycles. The van der Waals surface area contributed by atoms with E-state index in [2.05, 4.69) is 0 Å². The van der Waals surface area contributed by atoms with Gasteiger partial charge in [0.1, 0.15) is 5.76 Å². The molecular formula is C10H10O2. The van der Waals surface area contributed by atoms with Crippen molar-refractivity contribution in [3.05, 3.63) is 52.6 Å². The maximum Gasteiger partial charge on any atom is 0.336 e. The van der Waals surface area contributed by atoms with Crippen LogP contribution < -0.4 is 5.63 Å². The molecule has 2 nitrogen and oxygen atoms in total. The second-order valence-corrected chi connectivity index (χ2v) is 2.23. The van der Waals surface area contributed by atoms with Crippen LogP contribution in [-0.4, -0.2) is 0 Å². The quantitative estimate of drug-likeness (QED) is 0.624. The molecule has 0 spiro atoms. The molecule has 1 heterocycles. The van der Waals surface area contributed by atoms with Crippen LogP contribution in [0.2, 0.25) is 0 Å². The Morgan fingerprint density at radius 1 is 1.33 bits per heavy atom. The van der Waals surface area contributed by atoms with Crippen LogP contribution >= 0.6 is 0 Å². The second-order valence-electron chi connectivity index (χ2n) is 2.23. The van der Waals surface area contributed by atoms with Crippen LogP contribution in [-0.2, 0) is 0 Å². The Kier molecular flexibility index (Phi) is 3.08. The van der Waals surface area contributed by atoms with Gasteiger partial charge in [-0.2, -0.15) is 0 Å². The summed E-state index contributed by atoms with van der Waals surface area (Å²) in [5.74, 6) is 0.570. The Morgan fingerprint density at radius 3 is 2.83 bits per heavy atom. The van der Waals surface area contributed by atoms with Gasteiger partial charge in [0.2, 0.25) is 0 Å². The summed E-state index contributed by atoms with van der Waals surface area (Å²) in [7, 11) is 0. The molecule has 0 amide bonds. The van der Waals surface area contributed by atoms with E-state index < -0.39 is 0 Å². The lowest BCUT2D eigenvalue weighted by atomic mass is 10.3. The molecule has 2 heteroatoms. The van der Waals surface area contributed by atoms with Crippen LogP contribution in [0.15, 0.2) is 45.6 Å². The minimum absolute atomic E-state index is 0.322. The molecule has 0 aromatic carbocycles. The predicted octanol–water partition coefficient (Wildman–Crippen LogP) is 2.23. The lowest BCUT2D eigenvalue weighted by Crippen LogP contribution is -1.94. The molecule has 0 saturated carbocycles. The molecular weight excluding hydrogens is 152 g/mol. The summed E-state index contributed by atoms with van der Waals surface area (Å²) in [4.78, 5) is 10.7. The summed E-state index contributed by atoms with van der Waals surface area (Å²) >= 11 is 0. The van der Waals surface area contributed by atoms with Crippen LogP contribution in [0, 0.1) is 0 Å². The first-order valence-corrected chi connectivity index (χ1v) is 3.72. The average Bonchev–Trinajstić information content (AvgIpc) is 2.05. The van der Waals surface area contributed by atoms with E-state index in [4.69, 9.17) is 4.42 Å². The zero-order valence-electron chi connectivity index (χ0n) is 6.86. The van der Waals surface area contributed by atoms with Gasteiger partial charge in [0, 0.05) is 6.07 Å². The van der Waals surface area contributed by atoms with Crippen LogP contribution in [0.1, 0.15) is 12.7 Å². The van der Waals surface area contributed by atoms with Crippen LogP contribution in [0.3, 0.4) is 0 Å². The van der Waals surface area contributed by atoms with Crippen molar-refractivity contribution in [1.29, 1.82) is 0 Å². The van der Waals surface area contributed by atoms with Crippen molar-refractivity contribution in [2.24, 2.45) is 0 Å². The average molecular weight is 162 g/mol. The van der Waals surface area contributed by atoms with Gasteiger partial charge in [-0.1, -0.05) is 24.3 Å². The lowest BCUT2D eigenvalue weighted by Gasteiger charge is -1.87. The van der Waals surface area contributed by atoms with Gasteiger partial charge in [-0.25, -0.2) is 4.79 Å². The third-order valence-corrected chi connectivity index (χ3v) is 1.28. The topological polar surface area (TPSA) is 30.2 Å². The molecule has 62 valence electrons. The van der Waals surface area contributed by atoms with Crippen molar-refractivity contribution in [1.82, 2.24) is 0 Å². The Morgan fingerprint density at radius 2 is 2.17 bits per heavy atom. The van der Waals surface area contributed by atoms with Crippen molar-refractivity contribution < 1.29 is 4.42 Å². The first-order chi connectivity index (χ1) is 5.83. The van der Waals surface area contributed by atoms with Gasteiger partial charge in [-0.3, -0.25) is 0 Å². The normalized spacial score (nSPS) is 11.4. The van der Waals surface area contributed by atoms with E-state index in [1.807, 2.05) is 25.2 Å². The molecule has 0 unspecified atom stereocenters. The molecule has 0 radical (unpaired) electrons. The first-order valence-electron chi connectivity index (χ1n) is 3.72. The second kappa shape index (κ2) is 4.34. The molecule has 0 bridgehead atoms. The summed E-state index contributed by atoms with van der Waals surface area (Å²) in [6.07, 6.45) is 7.32. The third-order valence-electron chi connectivity index (χ3n) is 1.28. The standard InChI is InChI=1S/C10H10O2/c1-2-3-4-6-9-7-5-8-10(11)12-9/h2-8H,1H3/b3-2+,6-4+. The molecule has 12 heavy (non-hydrogen) atoms. The molecule has 0 N–H and O–H groups in total. The fourth-order valence-corrected chi connectivity index (χ4v) is 0.757. The van der Waals surface area contributed by atoms with Crippen molar-refractivity contribution in [3.63, 3.8) is 0 Å². The van der Waals surface area contributed by atoms with Gasteiger partial charge in [-0.15, -0.1) is 0 Å². The molecule has 0 fully saturated rings. The van der Waals surface area contributed by atoms with E-state index in [9.17, 15) is 4.79 Å². The van der Waals surface area contributed by atoms with E-state index in [1.54, 1.807) is 18.2 Å². The molecule has 0 saturated heterocycles. The Labute approximate surface area is 70.8 Å². The zero-order chi connectivity index (χ0) is 8.81. The Bertz CT molecular complexity index is 345. The van der Waals surface area contributed by atoms with Gasteiger partial charge in [-0.05, 0) is 19.1 Å². The van der Waals surface area contributed by atoms with Gasteiger partial charge in [0.05, 0.1) is 0 Å². The van der Waals surface area contributed by atoms with Crippen LogP contribution in [0.25, 0.3) is 6.08 Å². The van der Waals surface area contributed by atoms with Crippen molar-refractivity contribution in [2.45, 2.75) is 6.92 Å². The predicted molar refractivity (Wildman–Crippen MR) is 48.8 cm³/mol. The molecule has 0 aliphatic rings. The highest BCUT2D eigenvalue weighted by Crippen LogP contribution is 1.97. The minimum Gasteiger partial charge on any atom is -0.423 e. The van der Waals surface area contributed by atoms with Crippen molar-refractivity contribution in [3.8, 4) is 0 Å². The Balaban J connectivity index is 2.83. The van der Waals surface area contributed by atoms with Crippen LogP contribution in [0.5, 0.6) is 0 Å². The van der Waals surface area contributed by atoms with E-state index >= 15 is 0 Å². The SMILES string of the molecule is C/C=C/C=C/c1cccc(=O)o1. The summed E-state index contributed by atoms with van der Waals surface area (Å²) in [5, 5.41) is 0. The first kappa shape index (κ1) is 8.53. The Hall–Kier alpha value is -1.57. The van der Waals surface area contributed by atoms with E-state index in [0.717, 1.165) is 0 Å². The summed E-state index contributed by atoms with van der Waals surface area (Å²) in [6, 6.07) is 4.79. The lowest BCUT2D eigenvalue weighted by molar-refractivity contribution is 0.501. The van der Waals surface area contributed by atoms with E-state index in [0.29, 0.717) is 5.76 Å². The van der Waals surface area contributed by atoms with E-state index in [1.165, 1.54) is 6.07 Å². The van der Waals surface area contributed by atoms with Crippen molar-refractivity contribution in [2.75, 3.05) is 0 Å². The highest BCUT2D eigenvalue weighted by molar-refractivity contribution is 5.44. The number of rotatable bonds is 2. The van der Waals surface area contributed by atoms with E-state index in [-0.39, 0.29) is 5.63 Å². The third kappa shape index (κ3) is 2.58. The molecule has 1 aromatic rings. The van der Waals surface area contributed by atoms with Gasteiger partial charge < -0.3 is 4.42 Å². The van der Waals surface area contributed by atoms with Gasteiger partial charge in [0.25, 0.3) is 0 Å². The summed E-state index contributed by atoms with van der Waals surface area (Å²) in [6.45, 7) is 1.92. The number of hydrogen-bond acceptors (Lipinski definition) is 2. The van der Waals surface area contributed by atoms with Gasteiger partial charge >= 0.3 is 5.63 Å². The fraction of sp³-hybridized carbons (Fsp3) is 0.100. The molecule has 1 rings (SSSR count). The van der Waals surface area contributed by atoms with Crippen molar-refractivity contribution >= 4 is 6.08 Å². The summed E-state index contributed by atoms with van der Waals surface area (Å²) < 4.78 is 4.85.